The van der Waals surface area contributed by atoms with E-state index >= 15 is 0 Å². The quantitative estimate of drug-likeness (QED) is 0.838. The average Bonchev–Trinajstić information content (AvgIpc) is 2.26. The predicted molar refractivity (Wildman–Crippen MR) is 80.1 cm³/mol. The van der Waals surface area contributed by atoms with Crippen molar-refractivity contribution in [3.05, 3.63) is 34.9 Å². The number of nitrogens with zero attached hydrogens (tertiary/aromatic N) is 1. The Morgan fingerprint density at radius 3 is 2.44 bits per heavy atom. The summed E-state index contributed by atoms with van der Waals surface area (Å²) in [5.41, 5.74) is 10.1. The Bertz CT molecular complexity index is 369. The van der Waals surface area contributed by atoms with Crippen LogP contribution in [0.3, 0.4) is 0 Å². The van der Waals surface area contributed by atoms with E-state index in [0.717, 1.165) is 19.5 Å². The second kappa shape index (κ2) is 6.91. The number of hydrogen-bond acceptors (Lipinski definition) is 2. The molecule has 2 heteroatoms. The molecule has 18 heavy (non-hydrogen) atoms. The van der Waals surface area contributed by atoms with Crippen LogP contribution in [0.4, 0.5) is 0 Å². The first-order valence-corrected chi connectivity index (χ1v) is 6.93. The monoisotopic (exact) mass is 248 g/mol. The zero-order valence-electron chi connectivity index (χ0n) is 12.5. The normalized spacial score (nSPS) is 13.3. The zero-order chi connectivity index (χ0) is 13.7. The molecule has 0 spiro atoms. The number of nitrogens with two attached hydrogens (primary N) is 1. The van der Waals surface area contributed by atoms with Gasteiger partial charge in [-0.15, -0.1) is 0 Å². The molecule has 1 atom stereocenters. The molecule has 0 aromatic heterocycles. The van der Waals surface area contributed by atoms with Crippen LogP contribution in [-0.4, -0.2) is 31.1 Å². The Morgan fingerprint density at radius 2 is 1.89 bits per heavy atom. The predicted octanol–water partition coefficient (Wildman–Crippen LogP) is 2.94. The van der Waals surface area contributed by atoms with Crippen LogP contribution in [0.25, 0.3) is 0 Å². The fourth-order valence-electron chi connectivity index (χ4n) is 2.21. The molecule has 1 rings (SSSR count). The first-order valence-electron chi connectivity index (χ1n) is 6.93. The van der Waals surface area contributed by atoms with Crippen LogP contribution < -0.4 is 5.73 Å². The molecule has 2 nitrogen and oxygen atoms in total. The fourth-order valence-corrected chi connectivity index (χ4v) is 2.21. The lowest BCUT2D eigenvalue weighted by molar-refractivity contribution is 0.321. The minimum atomic E-state index is 0.248. The van der Waals surface area contributed by atoms with Gasteiger partial charge in [0.05, 0.1) is 0 Å². The van der Waals surface area contributed by atoms with Gasteiger partial charge in [0.25, 0.3) is 0 Å². The second-order valence-electron chi connectivity index (χ2n) is 5.83. The van der Waals surface area contributed by atoms with E-state index < -0.39 is 0 Å². The van der Waals surface area contributed by atoms with E-state index in [9.17, 15) is 0 Å². The molecule has 1 aromatic rings. The first-order chi connectivity index (χ1) is 8.40. The molecule has 0 amide bonds. The van der Waals surface area contributed by atoms with Crippen LogP contribution in [0.1, 0.15) is 43.4 Å². The van der Waals surface area contributed by atoms with Crippen molar-refractivity contribution >= 4 is 0 Å². The topological polar surface area (TPSA) is 29.3 Å². The van der Waals surface area contributed by atoms with Gasteiger partial charge >= 0.3 is 0 Å². The van der Waals surface area contributed by atoms with Crippen molar-refractivity contribution in [3.63, 3.8) is 0 Å². The van der Waals surface area contributed by atoms with E-state index in [2.05, 4.69) is 57.8 Å². The van der Waals surface area contributed by atoms with E-state index in [-0.39, 0.29) is 6.04 Å². The molecule has 0 aliphatic heterocycles. The Balaban J connectivity index is 2.63. The SMILES string of the molecule is Cc1ccc(C(C)C)cc1CCN(C)CC(C)N. The number of hydrogen-bond donors (Lipinski definition) is 1. The lowest BCUT2D eigenvalue weighted by atomic mass is 9.96. The molecule has 1 unspecified atom stereocenters. The molecule has 0 aliphatic carbocycles. The summed E-state index contributed by atoms with van der Waals surface area (Å²) in [6, 6.07) is 7.10. The van der Waals surface area contributed by atoms with Crippen molar-refractivity contribution in [2.75, 3.05) is 20.1 Å². The van der Waals surface area contributed by atoms with Crippen LogP contribution in [0.15, 0.2) is 18.2 Å². The molecule has 102 valence electrons. The smallest absolute Gasteiger partial charge is 0.0139 e. The van der Waals surface area contributed by atoms with Crippen molar-refractivity contribution < 1.29 is 0 Å². The Hall–Kier alpha value is -0.860. The molecule has 0 radical (unpaired) electrons. The molecule has 0 saturated carbocycles. The van der Waals surface area contributed by atoms with Crippen LogP contribution in [0, 0.1) is 6.92 Å². The van der Waals surface area contributed by atoms with Gasteiger partial charge < -0.3 is 10.6 Å². The van der Waals surface area contributed by atoms with Crippen molar-refractivity contribution in [1.29, 1.82) is 0 Å². The molecule has 0 fully saturated rings. The molecular weight excluding hydrogens is 220 g/mol. The third-order valence-electron chi connectivity index (χ3n) is 3.40. The number of rotatable bonds is 6. The van der Waals surface area contributed by atoms with Crippen LogP contribution in [0.2, 0.25) is 0 Å². The molecule has 0 saturated heterocycles. The van der Waals surface area contributed by atoms with Gasteiger partial charge in [0.1, 0.15) is 0 Å². The van der Waals surface area contributed by atoms with Gasteiger partial charge in [-0.2, -0.15) is 0 Å². The Kier molecular flexibility index (Phi) is 5.83. The van der Waals surface area contributed by atoms with Gasteiger partial charge in [0.2, 0.25) is 0 Å². The summed E-state index contributed by atoms with van der Waals surface area (Å²) in [5, 5.41) is 0. The highest BCUT2D eigenvalue weighted by Gasteiger charge is 2.06. The van der Waals surface area contributed by atoms with Crippen molar-refractivity contribution in [2.45, 2.75) is 46.1 Å². The third kappa shape index (κ3) is 4.79. The van der Waals surface area contributed by atoms with Crippen LogP contribution in [-0.2, 0) is 6.42 Å². The fraction of sp³-hybridized carbons (Fsp3) is 0.625. The van der Waals surface area contributed by atoms with E-state index in [1.54, 1.807) is 0 Å². The second-order valence-corrected chi connectivity index (χ2v) is 5.83. The van der Waals surface area contributed by atoms with Crippen molar-refractivity contribution in [1.82, 2.24) is 4.90 Å². The van der Waals surface area contributed by atoms with E-state index in [1.165, 1.54) is 16.7 Å². The molecule has 0 aliphatic rings. The Labute approximate surface area is 112 Å². The van der Waals surface area contributed by atoms with Gasteiger partial charge in [0.15, 0.2) is 0 Å². The number of likely N-dealkylation sites (N-methyl/N-ethyl adjacent to an activating group) is 1. The minimum Gasteiger partial charge on any atom is -0.327 e. The van der Waals surface area contributed by atoms with Gasteiger partial charge in [-0.25, -0.2) is 0 Å². The highest BCUT2D eigenvalue weighted by atomic mass is 15.1. The summed E-state index contributed by atoms with van der Waals surface area (Å²) in [4.78, 5) is 2.31. The molecule has 1 aromatic carbocycles. The summed E-state index contributed by atoms with van der Waals surface area (Å²) < 4.78 is 0. The maximum Gasteiger partial charge on any atom is 0.0139 e. The summed E-state index contributed by atoms with van der Waals surface area (Å²) in [7, 11) is 2.14. The van der Waals surface area contributed by atoms with E-state index in [1.807, 2.05) is 0 Å². The third-order valence-corrected chi connectivity index (χ3v) is 3.40. The van der Waals surface area contributed by atoms with Crippen LogP contribution in [0.5, 0.6) is 0 Å². The number of benzene rings is 1. The largest absolute Gasteiger partial charge is 0.327 e. The Morgan fingerprint density at radius 1 is 1.22 bits per heavy atom. The average molecular weight is 248 g/mol. The highest BCUT2D eigenvalue weighted by molar-refractivity contribution is 5.32. The maximum atomic E-state index is 5.81. The van der Waals surface area contributed by atoms with Gasteiger partial charge in [-0.1, -0.05) is 32.0 Å². The molecule has 2 N–H and O–H groups in total. The van der Waals surface area contributed by atoms with Gasteiger partial charge in [0, 0.05) is 19.1 Å². The lowest BCUT2D eigenvalue weighted by Gasteiger charge is -2.19. The highest BCUT2D eigenvalue weighted by Crippen LogP contribution is 2.19. The van der Waals surface area contributed by atoms with Crippen LogP contribution >= 0.6 is 0 Å². The summed E-state index contributed by atoms with van der Waals surface area (Å²) in [5.74, 6) is 0.603. The number of aryl methyl sites for hydroxylation is 1. The first kappa shape index (κ1) is 15.2. The lowest BCUT2D eigenvalue weighted by Crippen LogP contribution is -2.34. The van der Waals surface area contributed by atoms with E-state index in [0.29, 0.717) is 5.92 Å². The standard InChI is InChI=1S/C16H28N2/c1-12(2)15-7-6-13(3)16(10-15)8-9-18(5)11-14(4)17/h6-7,10,12,14H,8-9,11,17H2,1-5H3. The summed E-state index contributed by atoms with van der Waals surface area (Å²) in [6.45, 7) is 10.8. The molecular formula is C16H28N2. The van der Waals surface area contributed by atoms with Crippen molar-refractivity contribution in [3.8, 4) is 0 Å². The van der Waals surface area contributed by atoms with E-state index in [4.69, 9.17) is 5.73 Å². The zero-order valence-corrected chi connectivity index (χ0v) is 12.5. The summed E-state index contributed by atoms with van der Waals surface area (Å²) >= 11 is 0. The minimum absolute atomic E-state index is 0.248. The molecule has 0 bridgehead atoms. The summed E-state index contributed by atoms with van der Waals surface area (Å²) in [6.07, 6.45) is 1.11. The molecule has 0 heterocycles. The van der Waals surface area contributed by atoms with Gasteiger partial charge in [-0.05, 0) is 49.9 Å². The van der Waals surface area contributed by atoms with Gasteiger partial charge in [-0.3, -0.25) is 0 Å². The van der Waals surface area contributed by atoms with Crippen molar-refractivity contribution in [2.24, 2.45) is 5.73 Å². The maximum absolute atomic E-state index is 5.81.